The third-order valence-electron chi connectivity index (χ3n) is 4.15. The van der Waals surface area contributed by atoms with Crippen molar-refractivity contribution in [1.82, 2.24) is 4.90 Å². The lowest BCUT2D eigenvalue weighted by atomic mass is 9.79. The Morgan fingerprint density at radius 1 is 1.38 bits per heavy atom. The van der Waals surface area contributed by atoms with Gasteiger partial charge in [0, 0.05) is 30.6 Å². The van der Waals surface area contributed by atoms with Gasteiger partial charge < -0.3 is 4.90 Å². The van der Waals surface area contributed by atoms with Gasteiger partial charge in [-0.1, -0.05) is 26.0 Å². The van der Waals surface area contributed by atoms with Crippen LogP contribution in [0.15, 0.2) is 35.1 Å². The summed E-state index contributed by atoms with van der Waals surface area (Å²) >= 11 is 0. The zero-order valence-electron chi connectivity index (χ0n) is 10.6. The maximum absolute atomic E-state index is 2.50. The summed E-state index contributed by atoms with van der Waals surface area (Å²) in [5.74, 6) is 0.804. The number of hydrogen-bond donors (Lipinski definition) is 0. The van der Waals surface area contributed by atoms with E-state index in [-0.39, 0.29) is 5.41 Å². The molecular weight excluding hydrogens is 194 g/mol. The van der Waals surface area contributed by atoms with E-state index in [0.717, 1.165) is 5.92 Å². The van der Waals surface area contributed by atoms with Gasteiger partial charge in [-0.3, -0.25) is 0 Å². The Hall–Kier alpha value is -0.980. The molecule has 86 valence electrons. The highest BCUT2D eigenvalue weighted by molar-refractivity contribution is 5.49. The van der Waals surface area contributed by atoms with Gasteiger partial charge in [-0.05, 0) is 36.5 Å². The van der Waals surface area contributed by atoms with E-state index in [0.29, 0.717) is 0 Å². The van der Waals surface area contributed by atoms with E-state index in [4.69, 9.17) is 0 Å². The molecule has 0 saturated heterocycles. The van der Waals surface area contributed by atoms with Crippen LogP contribution in [0.1, 0.15) is 33.1 Å². The van der Waals surface area contributed by atoms with Gasteiger partial charge in [-0.15, -0.1) is 0 Å². The molecule has 1 heterocycles. The molecule has 0 radical (unpaired) electrons. The van der Waals surface area contributed by atoms with Crippen molar-refractivity contribution in [3.63, 3.8) is 0 Å². The molecule has 0 aromatic rings. The molecule has 3 aliphatic rings. The Morgan fingerprint density at radius 2 is 2.19 bits per heavy atom. The molecule has 1 aliphatic heterocycles. The highest BCUT2D eigenvalue weighted by atomic mass is 15.1. The zero-order chi connectivity index (χ0) is 11.3. The van der Waals surface area contributed by atoms with Crippen molar-refractivity contribution in [1.29, 1.82) is 0 Å². The van der Waals surface area contributed by atoms with Crippen LogP contribution in [-0.4, -0.2) is 18.5 Å². The van der Waals surface area contributed by atoms with Crippen molar-refractivity contribution in [2.45, 2.75) is 33.1 Å². The van der Waals surface area contributed by atoms with Gasteiger partial charge in [0.1, 0.15) is 0 Å². The topological polar surface area (TPSA) is 3.24 Å². The standard InChI is InChI=1S/C15H21N/c1-15(2)8-7-13-14-11(9-15)5-4-6-12(14)10-16(13)3/h7-9,12H,4-6,10H2,1-3H3. The summed E-state index contributed by atoms with van der Waals surface area (Å²) in [5.41, 5.74) is 5.00. The number of likely N-dealkylation sites (N-methyl/N-ethyl adjacent to an activating group) is 1. The predicted molar refractivity (Wildman–Crippen MR) is 68.0 cm³/mol. The van der Waals surface area contributed by atoms with Crippen LogP contribution in [0.25, 0.3) is 0 Å². The third-order valence-corrected chi connectivity index (χ3v) is 4.15. The summed E-state index contributed by atoms with van der Waals surface area (Å²) in [5, 5.41) is 0. The second-order valence-corrected chi connectivity index (χ2v) is 6.09. The molecule has 1 unspecified atom stereocenters. The minimum Gasteiger partial charge on any atom is -0.374 e. The lowest BCUT2D eigenvalue weighted by Crippen LogP contribution is -2.18. The molecule has 16 heavy (non-hydrogen) atoms. The maximum atomic E-state index is 2.50. The van der Waals surface area contributed by atoms with E-state index in [2.05, 4.69) is 44.0 Å². The van der Waals surface area contributed by atoms with Gasteiger partial charge in [0.05, 0.1) is 0 Å². The van der Waals surface area contributed by atoms with Gasteiger partial charge >= 0.3 is 0 Å². The fourth-order valence-corrected chi connectivity index (χ4v) is 3.43. The van der Waals surface area contributed by atoms with Gasteiger partial charge in [0.2, 0.25) is 0 Å². The van der Waals surface area contributed by atoms with Crippen molar-refractivity contribution < 1.29 is 0 Å². The summed E-state index contributed by atoms with van der Waals surface area (Å²) in [4.78, 5) is 2.44. The van der Waals surface area contributed by atoms with E-state index in [1.807, 2.05) is 0 Å². The van der Waals surface area contributed by atoms with Crippen LogP contribution >= 0.6 is 0 Å². The van der Waals surface area contributed by atoms with Crippen LogP contribution in [0.4, 0.5) is 0 Å². The summed E-state index contributed by atoms with van der Waals surface area (Å²) in [6, 6.07) is 0. The quantitative estimate of drug-likeness (QED) is 0.597. The Balaban J connectivity index is 2.13. The molecule has 0 aromatic carbocycles. The molecule has 1 heteroatoms. The second kappa shape index (κ2) is 3.26. The highest BCUT2D eigenvalue weighted by Gasteiger charge is 2.34. The number of nitrogens with zero attached hydrogens (tertiary/aromatic N) is 1. The van der Waals surface area contributed by atoms with E-state index >= 15 is 0 Å². The van der Waals surface area contributed by atoms with Crippen molar-refractivity contribution in [3.05, 3.63) is 35.1 Å². The molecule has 2 aliphatic carbocycles. The first kappa shape index (κ1) is 10.2. The molecule has 0 N–H and O–H groups in total. The molecule has 0 amide bonds. The van der Waals surface area contributed by atoms with Crippen molar-refractivity contribution in [2.75, 3.05) is 13.6 Å². The average Bonchev–Trinajstić information content (AvgIpc) is 2.43. The third kappa shape index (κ3) is 1.45. The molecule has 1 saturated carbocycles. The first-order valence-electron chi connectivity index (χ1n) is 6.43. The Morgan fingerprint density at radius 3 is 3.00 bits per heavy atom. The number of allylic oxidation sites excluding steroid dienone is 4. The molecule has 3 rings (SSSR count). The normalized spacial score (nSPS) is 31.3. The lowest BCUT2D eigenvalue weighted by molar-refractivity contribution is 0.392. The average molecular weight is 215 g/mol. The van der Waals surface area contributed by atoms with Crippen LogP contribution in [0.3, 0.4) is 0 Å². The Kier molecular flexibility index (Phi) is 2.07. The molecule has 1 fully saturated rings. The Labute approximate surface area is 98.5 Å². The zero-order valence-corrected chi connectivity index (χ0v) is 10.6. The van der Waals surface area contributed by atoms with Gasteiger partial charge in [-0.25, -0.2) is 0 Å². The Bertz CT molecular complexity index is 409. The largest absolute Gasteiger partial charge is 0.374 e. The van der Waals surface area contributed by atoms with E-state index < -0.39 is 0 Å². The predicted octanol–water partition coefficient (Wildman–Crippen LogP) is 3.51. The second-order valence-electron chi connectivity index (χ2n) is 6.09. The molecule has 0 bridgehead atoms. The van der Waals surface area contributed by atoms with Crippen molar-refractivity contribution >= 4 is 0 Å². The van der Waals surface area contributed by atoms with Gasteiger partial charge in [0.25, 0.3) is 0 Å². The molecule has 0 spiro atoms. The number of rotatable bonds is 0. The fraction of sp³-hybridized carbons (Fsp3) is 0.600. The molecule has 1 nitrogen and oxygen atoms in total. The van der Waals surface area contributed by atoms with E-state index in [9.17, 15) is 0 Å². The lowest BCUT2D eigenvalue weighted by Gasteiger charge is -2.25. The first-order chi connectivity index (χ1) is 7.57. The fourth-order valence-electron chi connectivity index (χ4n) is 3.43. The summed E-state index contributed by atoms with van der Waals surface area (Å²) in [6.07, 6.45) is 11.3. The van der Waals surface area contributed by atoms with Gasteiger partial charge in [-0.2, -0.15) is 0 Å². The SMILES string of the molecule is CN1CC2CCCC3=CC(C)(C)C=CC1=C32. The minimum absolute atomic E-state index is 0.225. The van der Waals surface area contributed by atoms with Gasteiger partial charge in [0.15, 0.2) is 0 Å². The van der Waals surface area contributed by atoms with E-state index in [1.54, 1.807) is 11.1 Å². The highest BCUT2D eigenvalue weighted by Crippen LogP contribution is 2.45. The van der Waals surface area contributed by atoms with Crippen LogP contribution < -0.4 is 0 Å². The van der Waals surface area contributed by atoms with Crippen molar-refractivity contribution in [2.24, 2.45) is 11.3 Å². The van der Waals surface area contributed by atoms with Crippen LogP contribution in [0, 0.1) is 11.3 Å². The minimum atomic E-state index is 0.225. The maximum Gasteiger partial charge on any atom is 0.0399 e. The molecule has 1 atom stereocenters. The van der Waals surface area contributed by atoms with Crippen molar-refractivity contribution in [3.8, 4) is 0 Å². The molecule has 0 aromatic heterocycles. The smallest absolute Gasteiger partial charge is 0.0399 e. The number of hydrogen-bond acceptors (Lipinski definition) is 1. The first-order valence-corrected chi connectivity index (χ1v) is 6.43. The monoisotopic (exact) mass is 215 g/mol. The summed E-state index contributed by atoms with van der Waals surface area (Å²) in [6.45, 7) is 5.84. The van der Waals surface area contributed by atoms with Crippen LogP contribution in [0.2, 0.25) is 0 Å². The van der Waals surface area contributed by atoms with E-state index in [1.165, 1.54) is 31.5 Å². The molecular formula is C15H21N. The van der Waals surface area contributed by atoms with Crippen LogP contribution in [0.5, 0.6) is 0 Å². The summed E-state index contributed by atoms with van der Waals surface area (Å²) in [7, 11) is 2.24. The van der Waals surface area contributed by atoms with Crippen LogP contribution in [-0.2, 0) is 0 Å². The summed E-state index contributed by atoms with van der Waals surface area (Å²) < 4.78 is 0.